The fourth-order valence-corrected chi connectivity index (χ4v) is 7.56. The number of aromatic hydroxyl groups is 1. The first-order chi connectivity index (χ1) is 26.8. The number of nitrogens with one attached hydrogen (secondary N) is 4. The van der Waals surface area contributed by atoms with Crippen molar-refractivity contribution in [3.05, 3.63) is 141 Å². The van der Waals surface area contributed by atoms with E-state index in [1.54, 1.807) is 24.3 Å². The summed E-state index contributed by atoms with van der Waals surface area (Å²) in [5.41, 5.74) is 3.95. The van der Waals surface area contributed by atoms with Crippen molar-refractivity contribution in [3.63, 3.8) is 0 Å². The molecular weight excluding hydrogens is 699 g/mol. The number of aliphatic hydroxyl groups is 2. The van der Waals surface area contributed by atoms with Gasteiger partial charge in [0.25, 0.3) is 5.91 Å². The van der Waals surface area contributed by atoms with Crippen LogP contribution in [-0.2, 0) is 11.3 Å². The molecule has 12 heteroatoms. The van der Waals surface area contributed by atoms with E-state index in [0.29, 0.717) is 59.8 Å². The van der Waals surface area contributed by atoms with E-state index in [0.717, 1.165) is 49.2 Å². The number of rotatable bonds is 17. The van der Waals surface area contributed by atoms with Gasteiger partial charge < -0.3 is 45.3 Å². The topological polar surface area (TPSA) is 168 Å². The van der Waals surface area contributed by atoms with Crippen molar-refractivity contribution < 1.29 is 29.6 Å². The van der Waals surface area contributed by atoms with E-state index >= 15 is 0 Å². The van der Waals surface area contributed by atoms with Gasteiger partial charge in [-0.05, 0) is 103 Å². The molecule has 7 N–H and O–H groups in total. The summed E-state index contributed by atoms with van der Waals surface area (Å²) in [4.78, 5) is 29.5. The number of phenolic OH excluding ortho intramolecular Hbond substituents is 1. The summed E-state index contributed by atoms with van der Waals surface area (Å²) in [7, 11) is 0. The van der Waals surface area contributed by atoms with Gasteiger partial charge in [-0.1, -0.05) is 60.7 Å². The first-order valence-corrected chi connectivity index (χ1v) is 19.0. The molecule has 55 heavy (non-hydrogen) atoms. The maximum Gasteiger partial charge on any atom is 0.251 e. The minimum Gasteiger partial charge on any atom is -0.506 e. The van der Waals surface area contributed by atoms with Crippen molar-refractivity contribution >= 4 is 16.8 Å². The third kappa shape index (κ3) is 9.78. The Bertz CT molecular complexity index is 2090. The first kappa shape index (κ1) is 38.2. The molecular formula is C43H49N5O7. The molecule has 0 radical (unpaired) electrons. The number of nitrogens with zero attached hydrogens (tertiary/aromatic N) is 1. The minimum absolute atomic E-state index is 0.0134. The lowest BCUT2D eigenvalue weighted by atomic mass is 9.86. The summed E-state index contributed by atoms with van der Waals surface area (Å²) in [5.74, 6) is 0.934. The number of benzene rings is 4. The fraction of sp³-hybridized carbons (Fsp3) is 0.349. The molecule has 0 saturated carbocycles. The van der Waals surface area contributed by atoms with Gasteiger partial charge in [-0.15, -0.1) is 0 Å². The third-order valence-corrected chi connectivity index (χ3v) is 10.6. The van der Waals surface area contributed by atoms with Crippen molar-refractivity contribution in [3.8, 4) is 11.5 Å². The minimum atomic E-state index is -1.12. The Kier molecular flexibility index (Phi) is 12.5. The number of piperidine rings is 3. The number of H-pyrrole nitrogens is 1. The maximum atomic E-state index is 12.8. The van der Waals surface area contributed by atoms with Crippen LogP contribution in [0, 0.1) is 5.92 Å². The molecule has 2 bridgehead atoms. The highest BCUT2D eigenvalue weighted by atomic mass is 16.6. The molecule has 2 unspecified atom stereocenters. The largest absolute Gasteiger partial charge is 0.506 e. The van der Waals surface area contributed by atoms with E-state index in [9.17, 15) is 24.9 Å². The smallest absolute Gasteiger partial charge is 0.251 e. The van der Waals surface area contributed by atoms with Gasteiger partial charge in [-0.3, -0.25) is 14.9 Å². The number of ether oxygens (including phenoxy) is 2. The molecule has 3 fully saturated rings. The average molecular weight is 748 g/mol. The third-order valence-electron chi connectivity index (χ3n) is 10.6. The van der Waals surface area contributed by atoms with Crippen molar-refractivity contribution in [2.24, 2.45) is 5.92 Å². The highest BCUT2D eigenvalue weighted by molar-refractivity contribution is 5.94. The Hall–Kier alpha value is -5.08. The molecule has 5 aromatic rings. The number of phenols is 1. The van der Waals surface area contributed by atoms with E-state index in [1.807, 2.05) is 66.7 Å². The average Bonchev–Trinajstić information content (AvgIpc) is 3.21. The van der Waals surface area contributed by atoms with Gasteiger partial charge in [-0.2, -0.15) is 0 Å². The van der Waals surface area contributed by atoms with Crippen LogP contribution in [0.25, 0.3) is 10.9 Å². The number of carbonyl (C=O) groups is 1. The molecule has 4 aromatic carbocycles. The zero-order valence-electron chi connectivity index (χ0n) is 30.7. The predicted molar refractivity (Wildman–Crippen MR) is 210 cm³/mol. The summed E-state index contributed by atoms with van der Waals surface area (Å²) in [6, 6.07) is 30.8. The summed E-state index contributed by atoms with van der Waals surface area (Å²) < 4.78 is 12.3. The van der Waals surface area contributed by atoms with Crippen molar-refractivity contribution in [2.45, 2.75) is 50.5 Å². The molecule has 3 saturated heterocycles. The van der Waals surface area contributed by atoms with Gasteiger partial charge in [0.2, 0.25) is 12.0 Å². The zero-order chi connectivity index (χ0) is 38.1. The Morgan fingerprint density at radius 3 is 2.44 bits per heavy atom. The predicted octanol–water partition coefficient (Wildman–Crippen LogP) is 4.32. The van der Waals surface area contributed by atoms with E-state index < -0.39 is 12.5 Å². The van der Waals surface area contributed by atoms with Crippen molar-refractivity contribution in [1.82, 2.24) is 25.8 Å². The van der Waals surface area contributed by atoms with Gasteiger partial charge >= 0.3 is 0 Å². The summed E-state index contributed by atoms with van der Waals surface area (Å²) in [6.45, 7) is 4.67. The van der Waals surface area contributed by atoms with Crippen LogP contribution in [0.2, 0.25) is 0 Å². The summed E-state index contributed by atoms with van der Waals surface area (Å²) in [5, 5.41) is 41.9. The molecule has 288 valence electrons. The van der Waals surface area contributed by atoms with Crippen molar-refractivity contribution in [2.75, 3.05) is 39.3 Å². The highest BCUT2D eigenvalue weighted by Gasteiger charge is 2.36. The molecule has 3 aliphatic heterocycles. The molecule has 3 aliphatic rings. The van der Waals surface area contributed by atoms with E-state index in [4.69, 9.17) is 9.47 Å². The Morgan fingerprint density at radius 1 is 0.891 bits per heavy atom. The standard InChI is InChI=1S/C43H49N5O7/c49-36-16-14-34(35-15-17-39(51)46-41(35)36)37(50)25-44-20-5-21-45-42(52)31-12-10-28(11-13-31)27-54-33-9-4-8-32(24-33)40(30-6-2-1-3-7-30)47-43(53)55-38-26-48-22-18-29(38)19-23-48/h1-4,6-17,24,29,37-38,40,43-44,47,49-50,53H,5,18-23,25-27H2,(H,45,52)(H,46,51)/t37-,38-,40?,43?/m0/s1. The Morgan fingerprint density at radius 2 is 1.67 bits per heavy atom. The summed E-state index contributed by atoms with van der Waals surface area (Å²) >= 11 is 0. The highest BCUT2D eigenvalue weighted by Crippen LogP contribution is 2.32. The van der Waals surface area contributed by atoms with E-state index in [1.165, 1.54) is 12.1 Å². The quantitative estimate of drug-likeness (QED) is 0.0538. The SMILES string of the molecule is O=C(NCCCNC[C@H](O)c1ccc(O)c2[nH]c(=O)ccc12)c1ccc(COc2cccc(C(NC(O)O[C@H]3CN4CCC3CC4)c3ccccc3)c2)cc1. The molecule has 12 nitrogen and oxygen atoms in total. The number of aromatic nitrogens is 1. The van der Waals surface area contributed by atoms with Crippen LogP contribution in [0.4, 0.5) is 0 Å². The lowest BCUT2D eigenvalue weighted by Gasteiger charge is -2.45. The van der Waals surface area contributed by atoms with Crippen LogP contribution >= 0.6 is 0 Å². The summed E-state index contributed by atoms with van der Waals surface area (Å²) in [6.07, 6.45) is 0.908. The molecule has 1 aromatic heterocycles. The number of aromatic amines is 1. The molecule has 8 rings (SSSR count). The van der Waals surface area contributed by atoms with Gasteiger partial charge in [0.15, 0.2) is 0 Å². The zero-order valence-corrected chi connectivity index (χ0v) is 30.7. The molecule has 4 heterocycles. The second-order valence-electron chi connectivity index (χ2n) is 14.3. The van der Waals surface area contributed by atoms with Crippen LogP contribution in [0.5, 0.6) is 11.5 Å². The number of aliphatic hydroxyl groups excluding tert-OH is 2. The number of hydrogen-bond donors (Lipinski definition) is 7. The van der Waals surface area contributed by atoms with Gasteiger partial charge in [0, 0.05) is 36.7 Å². The Labute approximate surface area is 320 Å². The number of hydrogen-bond acceptors (Lipinski definition) is 10. The lowest BCUT2D eigenvalue weighted by Crippen LogP contribution is -2.53. The molecule has 0 aliphatic carbocycles. The van der Waals surface area contributed by atoms with Crippen LogP contribution in [0.3, 0.4) is 0 Å². The number of pyridine rings is 1. The van der Waals surface area contributed by atoms with E-state index in [-0.39, 0.29) is 35.9 Å². The normalized spacial score (nSPS) is 19.5. The van der Waals surface area contributed by atoms with Crippen LogP contribution < -0.4 is 26.2 Å². The number of amides is 1. The molecule has 0 spiro atoms. The second kappa shape index (κ2) is 18.0. The molecule has 1 amide bonds. The number of fused-ring (bicyclic) bond motifs is 4. The maximum absolute atomic E-state index is 12.8. The first-order valence-electron chi connectivity index (χ1n) is 19.0. The van der Waals surface area contributed by atoms with Gasteiger partial charge in [0.05, 0.1) is 23.8 Å². The second-order valence-corrected chi connectivity index (χ2v) is 14.3. The molecule has 4 atom stereocenters. The van der Waals surface area contributed by atoms with Crippen LogP contribution in [0.1, 0.15) is 64.0 Å². The number of carbonyl (C=O) groups excluding carboxylic acids is 1. The van der Waals surface area contributed by atoms with E-state index in [2.05, 4.69) is 25.8 Å². The monoisotopic (exact) mass is 747 g/mol. The fourth-order valence-electron chi connectivity index (χ4n) is 7.56. The van der Waals surface area contributed by atoms with Gasteiger partial charge in [-0.25, -0.2) is 0 Å². The van der Waals surface area contributed by atoms with Gasteiger partial charge in [0.1, 0.15) is 18.1 Å². The van der Waals surface area contributed by atoms with Crippen molar-refractivity contribution in [1.29, 1.82) is 0 Å². The Balaban J connectivity index is 0.862. The van der Waals surface area contributed by atoms with Crippen LogP contribution in [-0.4, -0.2) is 82.9 Å². The van der Waals surface area contributed by atoms with Crippen LogP contribution in [0.15, 0.2) is 108 Å². The lowest BCUT2D eigenvalue weighted by molar-refractivity contribution is -0.194.